The van der Waals surface area contributed by atoms with Crippen LogP contribution in [0.1, 0.15) is 15.9 Å². The monoisotopic (exact) mass is 370 g/mol. The minimum absolute atomic E-state index is 0.313. The van der Waals surface area contributed by atoms with Crippen molar-refractivity contribution in [2.75, 3.05) is 0 Å². The summed E-state index contributed by atoms with van der Waals surface area (Å²) < 4.78 is 0.702. The van der Waals surface area contributed by atoms with Crippen LogP contribution < -0.4 is 5.43 Å². The van der Waals surface area contributed by atoms with Gasteiger partial charge in [-0.15, -0.1) is 0 Å². The third-order valence-corrected chi connectivity index (χ3v) is 3.99. The molecule has 102 valence electrons. The van der Waals surface area contributed by atoms with Gasteiger partial charge in [-0.05, 0) is 34.1 Å². The smallest absolute Gasteiger partial charge is 0.267 e. The summed E-state index contributed by atoms with van der Waals surface area (Å²) in [6.45, 7) is 0. The molecule has 0 spiro atoms. The van der Waals surface area contributed by atoms with Crippen molar-refractivity contribution in [3.63, 3.8) is 0 Å². The largest absolute Gasteiger partial charge is 0.272 e. The highest BCUT2D eigenvalue weighted by atomic mass is 79.9. The zero-order valence-corrected chi connectivity index (χ0v) is 13.2. The van der Waals surface area contributed by atoms with Crippen LogP contribution in [0.15, 0.2) is 52.0 Å². The van der Waals surface area contributed by atoms with Gasteiger partial charge < -0.3 is 0 Å². The van der Waals surface area contributed by atoms with Gasteiger partial charge >= 0.3 is 0 Å². The topological polar surface area (TPSA) is 41.5 Å². The Kier molecular flexibility index (Phi) is 5.17. The first-order valence-electron chi connectivity index (χ1n) is 5.61. The van der Waals surface area contributed by atoms with Crippen LogP contribution in [-0.4, -0.2) is 12.1 Å². The predicted octanol–water partition coefficient (Wildman–Crippen LogP) is 4.52. The quantitative estimate of drug-likeness (QED) is 0.625. The molecule has 3 nitrogen and oxygen atoms in total. The van der Waals surface area contributed by atoms with Crippen molar-refractivity contribution in [2.24, 2.45) is 5.10 Å². The number of hydrazone groups is 1. The number of halogens is 3. The fourth-order valence-electron chi connectivity index (χ4n) is 1.49. The summed E-state index contributed by atoms with van der Waals surface area (Å²) in [5.74, 6) is -0.313. The van der Waals surface area contributed by atoms with E-state index in [0.29, 0.717) is 25.6 Å². The molecule has 20 heavy (non-hydrogen) atoms. The van der Waals surface area contributed by atoms with Crippen molar-refractivity contribution in [1.29, 1.82) is 0 Å². The lowest BCUT2D eigenvalue weighted by atomic mass is 10.2. The van der Waals surface area contributed by atoms with Crippen LogP contribution in [0.25, 0.3) is 0 Å². The third-order valence-electron chi connectivity index (χ3n) is 2.47. The Morgan fingerprint density at radius 1 is 1.15 bits per heavy atom. The van der Waals surface area contributed by atoms with E-state index in [2.05, 4.69) is 26.5 Å². The van der Waals surface area contributed by atoms with Gasteiger partial charge in [0, 0.05) is 10.0 Å². The van der Waals surface area contributed by atoms with Crippen molar-refractivity contribution < 1.29 is 4.79 Å². The minimum atomic E-state index is -0.313. The number of amides is 1. The van der Waals surface area contributed by atoms with Crippen LogP contribution in [0.4, 0.5) is 0 Å². The van der Waals surface area contributed by atoms with E-state index in [1.54, 1.807) is 36.4 Å². The van der Waals surface area contributed by atoms with Crippen LogP contribution in [0.3, 0.4) is 0 Å². The first kappa shape index (κ1) is 15.0. The molecule has 0 saturated carbocycles. The molecule has 0 aliphatic heterocycles. The summed E-state index contributed by atoms with van der Waals surface area (Å²) in [6.07, 6.45) is 1.45. The number of nitrogens with zero attached hydrogens (tertiary/aromatic N) is 1. The lowest BCUT2D eigenvalue weighted by molar-refractivity contribution is 0.0954. The Labute approximate surface area is 134 Å². The zero-order valence-electron chi connectivity index (χ0n) is 10.1. The van der Waals surface area contributed by atoms with Crippen molar-refractivity contribution >= 4 is 51.3 Å². The maximum Gasteiger partial charge on any atom is 0.272 e. The molecular formula is C14H9BrCl2N2O. The second-order valence-electron chi connectivity index (χ2n) is 3.82. The first-order valence-corrected chi connectivity index (χ1v) is 7.16. The average Bonchev–Trinajstić information content (AvgIpc) is 2.44. The van der Waals surface area contributed by atoms with Crippen molar-refractivity contribution in [2.45, 2.75) is 0 Å². The molecule has 0 radical (unpaired) electrons. The van der Waals surface area contributed by atoms with Gasteiger partial charge in [-0.2, -0.15) is 5.10 Å². The molecular weight excluding hydrogens is 363 g/mol. The van der Waals surface area contributed by atoms with Crippen LogP contribution in [0.2, 0.25) is 10.0 Å². The summed E-state index contributed by atoms with van der Waals surface area (Å²) in [6, 6.07) is 12.3. The highest BCUT2D eigenvalue weighted by Gasteiger charge is 2.07. The molecule has 0 aliphatic carbocycles. The molecule has 0 heterocycles. The molecule has 0 fully saturated rings. The van der Waals surface area contributed by atoms with Gasteiger partial charge in [-0.3, -0.25) is 4.79 Å². The Morgan fingerprint density at radius 3 is 2.65 bits per heavy atom. The molecule has 0 saturated heterocycles. The van der Waals surface area contributed by atoms with Gasteiger partial charge in [0.1, 0.15) is 0 Å². The maximum absolute atomic E-state index is 11.9. The third kappa shape index (κ3) is 3.60. The number of carbonyl (C=O) groups is 1. The second kappa shape index (κ2) is 6.88. The number of nitrogens with one attached hydrogen (secondary N) is 1. The van der Waals surface area contributed by atoms with Gasteiger partial charge in [0.15, 0.2) is 0 Å². The lowest BCUT2D eigenvalue weighted by Crippen LogP contribution is -2.18. The molecule has 0 aliphatic rings. The van der Waals surface area contributed by atoms with Crippen molar-refractivity contribution in [1.82, 2.24) is 5.43 Å². The molecule has 2 aromatic carbocycles. The lowest BCUT2D eigenvalue weighted by Gasteiger charge is -2.02. The van der Waals surface area contributed by atoms with Crippen LogP contribution in [0.5, 0.6) is 0 Å². The van der Waals surface area contributed by atoms with Crippen molar-refractivity contribution in [3.8, 4) is 0 Å². The molecule has 0 aromatic heterocycles. The molecule has 1 amide bonds. The normalized spacial score (nSPS) is 10.8. The van der Waals surface area contributed by atoms with Gasteiger partial charge in [0.2, 0.25) is 0 Å². The van der Waals surface area contributed by atoms with E-state index in [1.807, 2.05) is 6.07 Å². The van der Waals surface area contributed by atoms with Gasteiger partial charge in [-0.1, -0.05) is 47.5 Å². The van der Waals surface area contributed by atoms with E-state index >= 15 is 0 Å². The summed E-state index contributed by atoms with van der Waals surface area (Å²) in [5, 5.41) is 4.71. The van der Waals surface area contributed by atoms with Crippen LogP contribution in [-0.2, 0) is 0 Å². The Bertz CT molecular complexity index is 674. The van der Waals surface area contributed by atoms with E-state index in [4.69, 9.17) is 23.2 Å². The first-order chi connectivity index (χ1) is 9.59. The summed E-state index contributed by atoms with van der Waals surface area (Å²) >= 11 is 15.2. The maximum atomic E-state index is 11.9. The van der Waals surface area contributed by atoms with Crippen LogP contribution >= 0.6 is 39.1 Å². The predicted molar refractivity (Wildman–Crippen MR) is 85.7 cm³/mol. The molecule has 2 rings (SSSR count). The van der Waals surface area contributed by atoms with E-state index in [0.717, 1.165) is 0 Å². The zero-order chi connectivity index (χ0) is 14.5. The number of benzene rings is 2. The average molecular weight is 372 g/mol. The summed E-state index contributed by atoms with van der Waals surface area (Å²) in [7, 11) is 0. The molecule has 2 aromatic rings. The van der Waals surface area contributed by atoms with Gasteiger partial charge in [0.25, 0.3) is 5.91 Å². The number of hydrogen-bond acceptors (Lipinski definition) is 2. The number of rotatable bonds is 3. The fraction of sp³-hybridized carbons (Fsp3) is 0. The highest BCUT2D eigenvalue weighted by Crippen LogP contribution is 2.24. The second-order valence-corrected chi connectivity index (χ2v) is 5.46. The highest BCUT2D eigenvalue weighted by molar-refractivity contribution is 9.10. The van der Waals surface area contributed by atoms with Crippen molar-refractivity contribution in [3.05, 3.63) is 68.1 Å². The Hall–Kier alpha value is -1.36. The molecule has 0 unspecified atom stereocenters. The van der Waals surface area contributed by atoms with E-state index in [-0.39, 0.29) is 5.91 Å². The fourth-order valence-corrected chi connectivity index (χ4v) is 2.31. The summed E-state index contributed by atoms with van der Waals surface area (Å²) in [4.78, 5) is 11.9. The SMILES string of the molecule is O=C(N/N=C\c1cccc(Cl)c1Cl)c1ccccc1Br. The standard InChI is InChI=1S/C14H9BrCl2N2O/c15-11-6-2-1-5-10(11)14(20)19-18-8-9-4-3-7-12(16)13(9)17/h1-8H,(H,19,20)/b18-8-. The van der Waals surface area contributed by atoms with Gasteiger partial charge in [-0.25, -0.2) is 5.43 Å². The van der Waals surface area contributed by atoms with E-state index in [9.17, 15) is 4.79 Å². The molecule has 0 atom stereocenters. The Morgan fingerprint density at radius 2 is 1.90 bits per heavy atom. The van der Waals surface area contributed by atoms with Gasteiger partial charge in [0.05, 0.1) is 21.8 Å². The molecule has 1 N–H and O–H groups in total. The molecule has 6 heteroatoms. The minimum Gasteiger partial charge on any atom is -0.267 e. The summed E-state index contributed by atoms with van der Waals surface area (Å²) in [5.41, 5.74) is 3.57. The number of hydrogen-bond donors (Lipinski definition) is 1. The molecule has 0 bridgehead atoms. The number of carbonyl (C=O) groups excluding carboxylic acids is 1. The van der Waals surface area contributed by atoms with Crippen LogP contribution in [0, 0.1) is 0 Å². The van der Waals surface area contributed by atoms with E-state index < -0.39 is 0 Å². The van der Waals surface area contributed by atoms with E-state index in [1.165, 1.54) is 6.21 Å². The Balaban J connectivity index is 2.09.